The molecule has 454 valence electrons. The van der Waals surface area contributed by atoms with Crippen LogP contribution in [0.5, 0.6) is 57.5 Å². The Morgan fingerprint density at radius 3 is 0.976 bits per heavy atom. The average molecular weight is 1350 g/mol. The zero-order chi connectivity index (χ0) is 62.5. The van der Waals surface area contributed by atoms with E-state index in [1.165, 1.54) is 18.2 Å². The Bertz CT molecular complexity index is 4640. The third-order valence-corrected chi connectivity index (χ3v) is 12.5. The number of ether oxygens (including phenoxy) is 2. The molecule has 0 atom stereocenters. The van der Waals surface area contributed by atoms with E-state index in [0.29, 0.717) is 60.7 Å². The Hall–Kier alpha value is -8.27. The van der Waals surface area contributed by atoms with Crippen molar-refractivity contribution in [2.75, 3.05) is 0 Å². The predicted molar refractivity (Wildman–Crippen MR) is 266 cm³/mol. The van der Waals surface area contributed by atoms with Gasteiger partial charge in [-0.15, -0.1) is 0 Å². The van der Waals surface area contributed by atoms with Gasteiger partial charge in [0.2, 0.25) is 22.4 Å². The van der Waals surface area contributed by atoms with Crippen LogP contribution in [0.25, 0.3) is 44.6 Å². The van der Waals surface area contributed by atoms with Gasteiger partial charge in [0.05, 0.1) is 11.4 Å². The normalized spacial score (nSPS) is 12.8. The van der Waals surface area contributed by atoms with Crippen molar-refractivity contribution in [2.45, 2.75) is 13.2 Å². The molecular formula is C37H25NO38S8. The number of hydrogen-bond donors (Lipinski definition) is 8. The van der Waals surface area contributed by atoms with Crippen molar-refractivity contribution < 1.29 is 156 Å². The van der Waals surface area contributed by atoms with E-state index >= 15 is 0 Å². The minimum absolute atomic E-state index is 0.231. The molecule has 3 aromatic heterocycles. The molecule has 84 heavy (non-hydrogen) atoms. The minimum Gasteiger partial charge on any atom is -0.486 e. The van der Waals surface area contributed by atoms with Crippen molar-refractivity contribution in [2.24, 2.45) is 0 Å². The molecule has 0 fully saturated rings. The summed E-state index contributed by atoms with van der Waals surface area (Å²) in [5.74, 6) is -14.2. The second-order valence-corrected chi connectivity index (χ2v) is 23.6. The molecule has 0 saturated heterocycles. The molecule has 0 aliphatic carbocycles. The van der Waals surface area contributed by atoms with Crippen molar-refractivity contribution in [3.05, 3.63) is 111 Å². The standard InChI is InChI=1S/C37H25NO38S8/c39-32-30-26(10-20(69-77(41,42)43)12-28(30)67-34(36(32)75-83(59,60)61)16-4-6-22(71-79(47,48)49)24(8-16)73-81(53,54)55)65-14-18-2-1-3-19(38-18)15-66-27-11-21(70-78(44,45)46)13-29-31(27)33(40)37(76-84(62,63)64)35(68-29)17-5-7-23(72-80(50,51)52)25(9-17)74-82(56,57)58/h1-13H,14-15H2,(H,41,42,43)(H,44,45,46)(H,47,48,49)(H,50,51,52)(H,53,54,55)(H,56,57,58)(H,59,60,61)(H,62,63,64). The van der Waals surface area contributed by atoms with Gasteiger partial charge >= 0.3 is 83.2 Å². The van der Waals surface area contributed by atoms with Gasteiger partial charge in [0.1, 0.15) is 46.7 Å². The van der Waals surface area contributed by atoms with Gasteiger partial charge in [0.15, 0.2) is 46.0 Å². The molecule has 0 radical (unpaired) electrons. The Labute approximate surface area is 467 Å². The lowest BCUT2D eigenvalue weighted by atomic mass is 10.1. The van der Waals surface area contributed by atoms with Crippen molar-refractivity contribution in [3.8, 4) is 80.1 Å². The SMILES string of the molecule is O=c1c(OS(=O)(=O)O)c(-c2ccc(OS(=O)(=O)O)c(OS(=O)(=O)O)c2)oc2cc(OS(=O)(=O)O)cc(OCc3cccc(COc4cc(OS(=O)(=O)O)cc5oc(-c6ccc(OS(=O)(=O)O)c(OS(=O)(=O)O)c6)c(OS(=O)(=O)O)c(=O)c45)n3)c12. The van der Waals surface area contributed by atoms with Gasteiger partial charge < -0.3 is 51.8 Å². The van der Waals surface area contributed by atoms with Crippen LogP contribution in [-0.2, 0) is 96.4 Å². The molecule has 39 nitrogen and oxygen atoms in total. The largest absolute Gasteiger partial charge is 0.486 e. The fourth-order valence-electron chi connectivity index (χ4n) is 6.81. The van der Waals surface area contributed by atoms with Crippen LogP contribution in [0.15, 0.2) is 97.3 Å². The van der Waals surface area contributed by atoms with Crippen molar-refractivity contribution in [1.82, 2.24) is 4.98 Å². The van der Waals surface area contributed by atoms with E-state index in [1.54, 1.807) is 0 Å². The first kappa shape index (κ1) is 63.3. The van der Waals surface area contributed by atoms with Crippen LogP contribution >= 0.6 is 0 Å². The lowest BCUT2D eigenvalue weighted by Gasteiger charge is -2.15. The maximum atomic E-state index is 14.2. The van der Waals surface area contributed by atoms with Gasteiger partial charge in [-0.3, -0.25) is 51.0 Å². The molecule has 0 saturated carbocycles. The molecule has 4 aromatic carbocycles. The van der Waals surface area contributed by atoms with Gasteiger partial charge in [-0.1, -0.05) is 6.07 Å². The van der Waals surface area contributed by atoms with Crippen LogP contribution in [0.4, 0.5) is 0 Å². The number of aromatic nitrogens is 1. The summed E-state index contributed by atoms with van der Waals surface area (Å²) in [4.78, 5) is 32.6. The third-order valence-electron chi connectivity index (χ3n) is 9.37. The number of pyridine rings is 1. The Kier molecular flexibility index (Phi) is 17.1. The molecule has 0 aliphatic rings. The summed E-state index contributed by atoms with van der Waals surface area (Å²) >= 11 is 0. The fourth-order valence-corrected chi connectivity index (χ4v) is 9.66. The Morgan fingerprint density at radius 2 is 0.667 bits per heavy atom. The molecule has 3 heterocycles. The summed E-state index contributed by atoms with van der Waals surface area (Å²) in [6.45, 7) is -1.74. The summed E-state index contributed by atoms with van der Waals surface area (Å²) in [6.07, 6.45) is 0. The van der Waals surface area contributed by atoms with Crippen LogP contribution in [0, 0.1) is 0 Å². The third kappa shape index (κ3) is 17.4. The minimum atomic E-state index is -5.79. The van der Waals surface area contributed by atoms with Crippen molar-refractivity contribution in [3.63, 3.8) is 0 Å². The molecule has 7 aromatic rings. The van der Waals surface area contributed by atoms with E-state index in [2.05, 4.69) is 38.4 Å². The Balaban J connectivity index is 1.31. The quantitative estimate of drug-likeness (QED) is 0.0395. The summed E-state index contributed by atoms with van der Waals surface area (Å²) in [5, 5.41) is -1.87. The molecular weight excluding hydrogens is 1320 g/mol. The first-order chi connectivity index (χ1) is 38.3. The number of benzene rings is 4. The van der Waals surface area contributed by atoms with Crippen LogP contribution in [0.1, 0.15) is 11.4 Å². The smallest absolute Gasteiger partial charge is 0.446 e. The molecule has 0 amide bonds. The summed E-state index contributed by atoms with van der Waals surface area (Å²) in [6, 6.07) is 8.76. The zero-order valence-corrected chi connectivity index (χ0v) is 46.0. The van der Waals surface area contributed by atoms with E-state index in [1.807, 2.05) is 0 Å². The van der Waals surface area contributed by atoms with Gasteiger partial charge in [-0.25, -0.2) is 0 Å². The molecule has 7 rings (SSSR count). The zero-order valence-electron chi connectivity index (χ0n) is 39.5. The second-order valence-electron chi connectivity index (χ2n) is 15.4. The number of rotatable bonds is 24. The van der Waals surface area contributed by atoms with Crippen LogP contribution in [0.2, 0.25) is 0 Å². The lowest BCUT2D eigenvalue weighted by Crippen LogP contribution is -2.17. The summed E-state index contributed by atoms with van der Waals surface area (Å²) < 4.78 is 320. The molecule has 0 bridgehead atoms. The average Bonchev–Trinajstić information content (AvgIpc) is 1.66. The molecule has 8 N–H and O–H groups in total. The maximum absolute atomic E-state index is 14.2. The molecule has 0 aliphatic heterocycles. The monoisotopic (exact) mass is 1350 g/mol. The molecule has 47 heteroatoms. The highest BCUT2D eigenvalue weighted by molar-refractivity contribution is 7.83. The lowest BCUT2D eigenvalue weighted by molar-refractivity contribution is 0.292. The predicted octanol–water partition coefficient (Wildman–Crippen LogP) is 1.24. The number of fused-ring (bicyclic) bond motifs is 2. The van der Waals surface area contributed by atoms with Crippen LogP contribution in [-0.4, -0.2) is 109 Å². The highest BCUT2D eigenvalue weighted by Crippen LogP contribution is 2.43. The second kappa shape index (κ2) is 22.7. The number of nitrogens with zero attached hydrogens (tertiary/aromatic N) is 1. The van der Waals surface area contributed by atoms with Crippen LogP contribution < -0.4 is 53.8 Å². The first-order valence-electron chi connectivity index (χ1n) is 20.5. The van der Waals surface area contributed by atoms with Gasteiger partial charge in [0, 0.05) is 35.4 Å². The van der Waals surface area contributed by atoms with Crippen molar-refractivity contribution >= 4 is 105 Å². The maximum Gasteiger partial charge on any atom is 0.446 e. The van der Waals surface area contributed by atoms with Crippen molar-refractivity contribution in [1.29, 1.82) is 0 Å². The van der Waals surface area contributed by atoms with Gasteiger partial charge in [0.25, 0.3) is 0 Å². The van der Waals surface area contributed by atoms with Crippen LogP contribution in [0.3, 0.4) is 0 Å². The van der Waals surface area contributed by atoms with E-state index in [-0.39, 0.29) is 11.4 Å². The van der Waals surface area contributed by atoms with Gasteiger partial charge in [-0.05, 0) is 48.5 Å². The Morgan fingerprint density at radius 1 is 0.357 bits per heavy atom. The van der Waals surface area contributed by atoms with Gasteiger partial charge in [-0.2, -0.15) is 67.3 Å². The summed E-state index contributed by atoms with van der Waals surface area (Å²) in [7, 11) is -44.7. The van der Waals surface area contributed by atoms with E-state index in [9.17, 15) is 104 Å². The molecule has 0 spiro atoms. The number of hydrogen-bond acceptors (Lipinski definition) is 31. The highest BCUT2D eigenvalue weighted by atomic mass is 32.3. The molecule has 0 unspecified atom stereocenters. The highest BCUT2D eigenvalue weighted by Gasteiger charge is 2.31. The van der Waals surface area contributed by atoms with E-state index < -0.39 is 209 Å². The first-order valence-corrected chi connectivity index (χ1v) is 31.4. The summed E-state index contributed by atoms with van der Waals surface area (Å²) in [5.41, 5.74) is -7.19. The van der Waals surface area contributed by atoms with E-state index in [4.69, 9.17) is 27.4 Å². The topological polar surface area (TPSA) is 601 Å². The fraction of sp³-hybridized carbons (Fsp3) is 0.0541. The van der Waals surface area contributed by atoms with E-state index in [0.717, 1.165) is 0 Å².